The van der Waals surface area contributed by atoms with Crippen molar-refractivity contribution in [3.05, 3.63) is 61.7 Å². The number of ether oxygens (including phenoxy) is 1. The van der Waals surface area contributed by atoms with Crippen molar-refractivity contribution in [3.63, 3.8) is 0 Å². The molecule has 9 heteroatoms. The Kier molecular flexibility index (Phi) is 6.66. The maximum atomic E-state index is 9.40. The van der Waals surface area contributed by atoms with Crippen LogP contribution in [-0.4, -0.2) is 9.97 Å². The van der Waals surface area contributed by atoms with Gasteiger partial charge in [-0.1, -0.05) is 18.6 Å². The molecule has 3 aliphatic carbocycles. The van der Waals surface area contributed by atoms with Gasteiger partial charge in [0, 0.05) is 0 Å². The van der Waals surface area contributed by atoms with Crippen LogP contribution in [0.15, 0.2) is 34.6 Å². The van der Waals surface area contributed by atoms with Crippen LogP contribution >= 0.6 is 22.7 Å². The van der Waals surface area contributed by atoms with Gasteiger partial charge < -0.3 is 4.74 Å². The molecule has 2 aromatic rings. The van der Waals surface area contributed by atoms with Gasteiger partial charge in [0.1, 0.15) is 38.3 Å². The Labute approximate surface area is 235 Å². The van der Waals surface area contributed by atoms with Gasteiger partial charge in [-0.2, -0.15) is 10.5 Å². The summed E-state index contributed by atoms with van der Waals surface area (Å²) in [5.41, 5.74) is 4.56. The quantitative estimate of drug-likeness (QED) is 0.278. The minimum Gasteiger partial charge on any atom is -0.463 e. The molecule has 39 heavy (non-hydrogen) atoms. The zero-order valence-electron chi connectivity index (χ0n) is 21.3. The van der Waals surface area contributed by atoms with Crippen LogP contribution in [0.1, 0.15) is 86.3 Å². The first-order chi connectivity index (χ1) is 19.1. The Bertz CT molecular complexity index is 1630. The van der Waals surface area contributed by atoms with Gasteiger partial charge in [0.15, 0.2) is 5.60 Å². The normalized spacial score (nSPS) is 20.6. The van der Waals surface area contributed by atoms with E-state index in [1.54, 1.807) is 22.7 Å². The minimum absolute atomic E-state index is 0.167. The third-order valence-electron chi connectivity index (χ3n) is 7.91. The highest BCUT2D eigenvalue weighted by Gasteiger charge is 2.46. The van der Waals surface area contributed by atoms with Crippen molar-refractivity contribution in [1.82, 2.24) is 9.97 Å². The van der Waals surface area contributed by atoms with Crippen molar-refractivity contribution in [2.24, 2.45) is 0 Å². The summed E-state index contributed by atoms with van der Waals surface area (Å²) in [5.74, 6) is 0.662. The van der Waals surface area contributed by atoms with Crippen molar-refractivity contribution >= 4 is 33.8 Å². The van der Waals surface area contributed by atoms with E-state index in [-0.39, 0.29) is 11.3 Å². The summed E-state index contributed by atoms with van der Waals surface area (Å²) in [4.78, 5) is 15.7. The number of hydrogen-bond donors (Lipinski definition) is 0. The van der Waals surface area contributed by atoms with Gasteiger partial charge in [-0.15, -0.1) is 22.7 Å². The number of nitrogens with zero attached hydrogens (tertiary/aromatic N) is 6. The minimum atomic E-state index is -0.482. The summed E-state index contributed by atoms with van der Waals surface area (Å²) in [6, 6.07) is 6.10. The number of fused-ring (bicyclic) bond motifs is 4. The lowest BCUT2D eigenvalue weighted by atomic mass is 9.80. The molecule has 0 atom stereocenters. The van der Waals surface area contributed by atoms with Gasteiger partial charge in [-0.05, 0) is 86.5 Å². The van der Waals surface area contributed by atoms with E-state index in [9.17, 15) is 15.8 Å². The summed E-state index contributed by atoms with van der Waals surface area (Å²) >= 11 is 3.27. The fourth-order valence-corrected chi connectivity index (χ4v) is 8.34. The molecule has 0 radical (unpaired) electrons. The third-order valence-corrected chi connectivity index (χ3v) is 10.3. The lowest BCUT2D eigenvalue weighted by molar-refractivity contribution is 0.0167. The molecule has 0 saturated heterocycles. The molecule has 2 aromatic heterocycles. The predicted molar refractivity (Wildman–Crippen MR) is 150 cm³/mol. The highest BCUT2D eigenvalue weighted by molar-refractivity contribution is 7.23. The van der Waals surface area contributed by atoms with E-state index in [4.69, 9.17) is 21.3 Å². The number of aromatic nitrogens is 2. The molecule has 7 nitrogen and oxygen atoms in total. The summed E-state index contributed by atoms with van der Waals surface area (Å²) < 4.78 is 6.76. The molecule has 1 spiro atoms. The van der Waals surface area contributed by atoms with Crippen molar-refractivity contribution in [1.29, 1.82) is 15.8 Å². The largest absolute Gasteiger partial charge is 0.463 e. The van der Waals surface area contributed by atoms with Crippen molar-refractivity contribution in [2.45, 2.75) is 76.2 Å². The second-order valence-corrected chi connectivity index (χ2v) is 12.3. The Hall–Kier alpha value is -4.02. The van der Waals surface area contributed by atoms with Crippen LogP contribution in [-0.2, 0) is 5.60 Å². The van der Waals surface area contributed by atoms with Crippen molar-refractivity contribution < 1.29 is 4.74 Å². The van der Waals surface area contributed by atoms with Gasteiger partial charge in [0.05, 0.1) is 17.5 Å². The average molecular weight is 549 g/mol. The van der Waals surface area contributed by atoms with Gasteiger partial charge in [0.2, 0.25) is 5.88 Å². The van der Waals surface area contributed by atoms with Crippen LogP contribution in [0.4, 0.5) is 0 Å². The summed E-state index contributed by atoms with van der Waals surface area (Å²) in [6.45, 7) is 7.37. The smallest absolute Gasteiger partial charge is 0.265 e. The summed E-state index contributed by atoms with van der Waals surface area (Å²) in [6.07, 6.45) is 14.0. The van der Waals surface area contributed by atoms with Gasteiger partial charge in [-0.25, -0.2) is 20.1 Å². The van der Waals surface area contributed by atoms with Crippen LogP contribution in [0.25, 0.3) is 25.7 Å². The molecule has 0 aromatic carbocycles. The Balaban J connectivity index is 1.47. The van der Waals surface area contributed by atoms with Crippen LogP contribution in [0, 0.1) is 40.6 Å². The Morgan fingerprint density at radius 2 is 1.46 bits per heavy atom. The fourth-order valence-electron chi connectivity index (χ4n) is 5.98. The van der Waals surface area contributed by atoms with Crippen LogP contribution in [0.5, 0.6) is 5.88 Å². The first kappa shape index (κ1) is 25.3. The van der Waals surface area contributed by atoms with Crippen molar-refractivity contribution in [2.75, 3.05) is 0 Å². The second kappa shape index (κ2) is 10.3. The topological polar surface area (TPSA) is 111 Å². The van der Waals surface area contributed by atoms with Crippen LogP contribution < -0.4 is 4.74 Å². The van der Waals surface area contributed by atoms with E-state index in [1.165, 1.54) is 6.42 Å². The summed E-state index contributed by atoms with van der Waals surface area (Å²) in [5, 5.41) is 29.9. The van der Waals surface area contributed by atoms with E-state index in [2.05, 4.69) is 4.85 Å². The number of thiazole rings is 2. The highest BCUT2D eigenvalue weighted by Crippen LogP contribution is 2.56. The molecule has 1 saturated carbocycles. The molecule has 0 amide bonds. The number of allylic oxidation sites excluding steroid dienone is 8. The van der Waals surface area contributed by atoms with Crippen LogP contribution in [0.3, 0.4) is 0 Å². The molecule has 1 fully saturated rings. The molecule has 3 heterocycles. The molecule has 4 aliphatic rings. The lowest BCUT2D eigenvalue weighted by Gasteiger charge is -2.38. The maximum absolute atomic E-state index is 9.40. The monoisotopic (exact) mass is 548 g/mol. The number of rotatable bonds is 2. The van der Waals surface area contributed by atoms with Gasteiger partial charge in [-0.3, -0.25) is 0 Å². The second-order valence-electron chi connectivity index (χ2n) is 10.3. The summed E-state index contributed by atoms with van der Waals surface area (Å²) in [7, 11) is 0. The standard InChI is InChI=1S/C30H24N6OS2/c1-34-23(17-33)19-8-6-10-21(14-19)28-35-26-24(38-28)25-27(37-30(26)11-3-2-4-12-30)36-29(39-25)20-9-5-7-18(13-20)22(15-31)16-32/h13-14H,2-12H2/b23-19+. The molecule has 0 N–H and O–H groups in total. The number of nitriles is 3. The molecular weight excluding hydrogens is 525 g/mol. The van der Waals surface area contributed by atoms with E-state index in [0.717, 1.165) is 112 Å². The highest BCUT2D eigenvalue weighted by atomic mass is 32.1. The average Bonchev–Trinajstić information content (AvgIpc) is 3.61. The lowest BCUT2D eigenvalue weighted by Crippen LogP contribution is -2.38. The maximum Gasteiger partial charge on any atom is 0.265 e. The predicted octanol–water partition coefficient (Wildman–Crippen LogP) is 7.99. The molecular formula is C30H24N6OS2. The SMILES string of the molecule is [C-]#[N+]/C(C#N)=C1/C=C(c2nc3c(s2)-c2sc(C4=CC(=C(C#N)C#N)CCC4)nc2OC32CCCCC2)CCC1. The van der Waals surface area contributed by atoms with E-state index in [1.807, 2.05) is 30.4 Å². The number of hydrogen-bond acceptors (Lipinski definition) is 8. The molecule has 0 unspecified atom stereocenters. The first-order valence-electron chi connectivity index (χ1n) is 13.3. The fraction of sp³-hybridized carbons (Fsp3) is 0.400. The van der Waals surface area contributed by atoms with E-state index < -0.39 is 5.60 Å². The molecule has 192 valence electrons. The van der Waals surface area contributed by atoms with Gasteiger partial charge >= 0.3 is 0 Å². The Morgan fingerprint density at radius 3 is 2.13 bits per heavy atom. The Morgan fingerprint density at radius 1 is 0.821 bits per heavy atom. The molecule has 6 rings (SSSR count). The van der Waals surface area contributed by atoms with E-state index in [0.29, 0.717) is 5.88 Å². The zero-order valence-corrected chi connectivity index (χ0v) is 23.0. The van der Waals surface area contributed by atoms with Crippen molar-refractivity contribution in [3.8, 4) is 33.8 Å². The first-order valence-corrected chi connectivity index (χ1v) is 14.9. The third kappa shape index (κ3) is 4.39. The molecule has 1 aliphatic heterocycles. The van der Waals surface area contributed by atoms with Crippen LogP contribution in [0.2, 0.25) is 0 Å². The van der Waals surface area contributed by atoms with Gasteiger partial charge in [0.25, 0.3) is 5.70 Å². The molecule has 0 bridgehead atoms. The van der Waals surface area contributed by atoms with E-state index >= 15 is 0 Å². The zero-order chi connectivity index (χ0) is 27.0.